The largest absolute Gasteiger partial charge is 0.463 e. The number of hydrogen-bond acceptors (Lipinski definition) is 5. The third kappa shape index (κ3) is 2.94. The van der Waals surface area contributed by atoms with Gasteiger partial charge in [-0.15, -0.1) is 11.3 Å². The third-order valence-electron chi connectivity index (χ3n) is 3.99. The Morgan fingerprint density at radius 2 is 2.41 bits per heavy atom. The second-order valence-corrected chi connectivity index (χ2v) is 6.42. The smallest absolute Gasteiger partial charge is 0.257 e. The average Bonchev–Trinajstić information content (AvgIpc) is 3.17. The van der Waals surface area contributed by atoms with Crippen LogP contribution in [0.25, 0.3) is 0 Å². The van der Waals surface area contributed by atoms with Gasteiger partial charge in [0.15, 0.2) is 0 Å². The van der Waals surface area contributed by atoms with Crippen molar-refractivity contribution < 1.29 is 13.9 Å². The van der Waals surface area contributed by atoms with E-state index in [-0.39, 0.29) is 11.9 Å². The zero-order valence-electron chi connectivity index (χ0n) is 12.9. The number of aryl methyl sites for hydroxylation is 1. The standard InChI is InChI=1S/C16H20N2O3S/c1-11-13(9-12(21-11)10-20-2)16(19)18-7-4-3-5-14(18)15-17-6-8-22-15/h6,8-9,14H,3-5,7,10H2,1-2H3. The van der Waals surface area contributed by atoms with Gasteiger partial charge >= 0.3 is 0 Å². The van der Waals surface area contributed by atoms with Gasteiger partial charge in [-0.2, -0.15) is 0 Å². The normalized spacial score (nSPS) is 18.6. The molecule has 0 bridgehead atoms. The van der Waals surface area contributed by atoms with Crippen LogP contribution in [0, 0.1) is 6.92 Å². The lowest BCUT2D eigenvalue weighted by Gasteiger charge is -2.34. The molecule has 0 aliphatic carbocycles. The van der Waals surface area contributed by atoms with Crippen molar-refractivity contribution in [1.29, 1.82) is 0 Å². The molecule has 1 aliphatic heterocycles. The molecule has 5 nitrogen and oxygen atoms in total. The van der Waals surface area contributed by atoms with Crippen LogP contribution in [-0.2, 0) is 11.3 Å². The van der Waals surface area contributed by atoms with Gasteiger partial charge in [-0.3, -0.25) is 4.79 Å². The van der Waals surface area contributed by atoms with Gasteiger partial charge in [-0.05, 0) is 32.3 Å². The van der Waals surface area contributed by atoms with Crippen molar-refractivity contribution in [2.24, 2.45) is 0 Å². The van der Waals surface area contributed by atoms with E-state index in [1.807, 2.05) is 17.2 Å². The maximum absolute atomic E-state index is 12.9. The first-order valence-electron chi connectivity index (χ1n) is 7.49. The van der Waals surface area contributed by atoms with Gasteiger partial charge in [0.25, 0.3) is 5.91 Å². The van der Waals surface area contributed by atoms with Gasteiger partial charge in [-0.25, -0.2) is 4.98 Å². The van der Waals surface area contributed by atoms with E-state index in [1.165, 1.54) is 0 Å². The Balaban J connectivity index is 1.86. The van der Waals surface area contributed by atoms with Gasteiger partial charge in [0.05, 0.1) is 11.6 Å². The summed E-state index contributed by atoms with van der Waals surface area (Å²) in [4.78, 5) is 19.3. The zero-order chi connectivity index (χ0) is 15.5. The molecule has 3 rings (SSSR count). The highest BCUT2D eigenvalue weighted by molar-refractivity contribution is 7.09. The minimum absolute atomic E-state index is 0.0310. The highest BCUT2D eigenvalue weighted by Gasteiger charge is 2.31. The van der Waals surface area contributed by atoms with Crippen molar-refractivity contribution in [3.05, 3.63) is 39.7 Å². The van der Waals surface area contributed by atoms with E-state index in [0.29, 0.717) is 23.7 Å². The molecular formula is C16H20N2O3S. The Labute approximate surface area is 133 Å². The molecule has 0 N–H and O–H groups in total. The molecule has 0 spiro atoms. The minimum atomic E-state index is 0.0310. The number of carbonyl (C=O) groups excluding carboxylic acids is 1. The van der Waals surface area contributed by atoms with Crippen molar-refractivity contribution in [2.75, 3.05) is 13.7 Å². The first-order chi connectivity index (χ1) is 10.7. The Bertz CT molecular complexity index is 636. The Morgan fingerprint density at radius 3 is 3.14 bits per heavy atom. The Hall–Kier alpha value is -1.66. The number of carbonyl (C=O) groups is 1. The number of thiazole rings is 1. The van der Waals surface area contributed by atoms with E-state index < -0.39 is 0 Å². The summed E-state index contributed by atoms with van der Waals surface area (Å²) in [5.41, 5.74) is 0.635. The molecule has 2 aromatic heterocycles. The van der Waals surface area contributed by atoms with Crippen molar-refractivity contribution in [3.8, 4) is 0 Å². The second kappa shape index (κ2) is 6.62. The summed E-state index contributed by atoms with van der Waals surface area (Å²) in [5, 5.41) is 2.98. The number of hydrogen-bond donors (Lipinski definition) is 0. The molecule has 1 aliphatic rings. The van der Waals surface area contributed by atoms with E-state index >= 15 is 0 Å². The SMILES string of the molecule is COCc1cc(C(=O)N2CCCCC2c2nccs2)c(C)o1. The molecule has 22 heavy (non-hydrogen) atoms. The lowest BCUT2D eigenvalue weighted by atomic mass is 10.0. The fourth-order valence-electron chi connectivity index (χ4n) is 2.95. The number of nitrogens with zero attached hydrogens (tertiary/aromatic N) is 2. The van der Waals surface area contributed by atoms with Gasteiger partial charge in [0.1, 0.15) is 23.1 Å². The highest BCUT2D eigenvalue weighted by Crippen LogP contribution is 2.33. The molecule has 1 fully saturated rings. The summed E-state index contributed by atoms with van der Waals surface area (Å²) < 4.78 is 10.7. The predicted octanol–water partition coefficient (Wildman–Crippen LogP) is 3.56. The maximum Gasteiger partial charge on any atom is 0.257 e. The second-order valence-electron chi connectivity index (χ2n) is 5.50. The van der Waals surface area contributed by atoms with Crippen LogP contribution in [0.2, 0.25) is 0 Å². The van der Waals surface area contributed by atoms with E-state index in [1.54, 1.807) is 30.7 Å². The van der Waals surface area contributed by atoms with Crippen LogP contribution in [-0.4, -0.2) is 29.4 Å². The molecule has 1 atom stereocenters. The van der Waals surface area contributed by atoms with E-state index in [2.05, 4.69) is 4.98 Å². The lowest BCUT2D eigenvalue weighted by molar-refractivity contribution is 0.0609. The Kier molecular flexibility index (Phi) is 4.59. The van der Waals surface area contributed by atoms with Crippen LogP contribution in [0.5, 0.6) is 0 Å². The molecule has 0 radical (unpaired) electrons. The summed E-state index contributed by atoms with van der Waals surface area (Å²) in [5.74, 6) is 1.37. The first kappa shape index (κ1) is 15.2. The van der Waals surface area contributed by atoms with Crippen LogP contribution in [0.4, 0.5) is 0 Å². The molecule has 1 unspecified atom stereocenters. The zero-order valence-corrected chi connectivity index (χ0v) is 13.7. The maximum atomic E-state index is 12.9. The summed E-state index contributed by atoms with van der Waals surface area (Å²) in [6.45, 7) is 2.98. The molecule has 1 amide bonds. The number of piperidine rings is 1. The molecular weight excluding hydrogens is 300 g/mol. The summed E-state index contributed by atoms with van der Waals surface area (Å²) in [6.07, 6.45) is 4.95. The van der Waals surface area contributed by atoms with Gasteiger partial charge in [-0.1, -0.05) is 0 Å². The van der Waals surface area contributed by atoms with Crippen LogP contribution in [0.1, 0.15) is 52.2 Å². The summed E-state index contributed by atoms with van der Waals surface area (Å²) in [6, 6.07) is 1.88. The highest BCUT2D eigenvalue weighted by atomic mass is 32.1. The van der Waals surface area contributed by atoms with Gasteiger partial charge < -0.3 is 14.1 Å². The van der Waals surface area contributed by atoms with Crippen molar-refractivity contribution in [1.82, 2.24) is 9.88 Å². The number of amides is 1. The number of furan rings is 1. The fourth-order valence-corrected chi connectivity index (χ4v) is 3.74. The topological polar surface area (TPSA) is 55.6 Å². The van der Waals surface area contributed by atoms with Crippen molar-refractivity contribution >= 4 is 17.2 Å². The van der Waals surface area contributed by atoms with Crippen LogP contribution < -0.4 is 0 Å². The van der Waals surface area contributed by atoms with Crippen LogP contribution in [0.15, 0.2) is 22.1 Å². The summed E-state index contributed by atoms with van der Waals surface area (Å²) in [7, 11) is 1.61. The molecule has 3 heterocycles. The molecule has 2 aromatic rings. The molecule has 1 saturated heterocycles. The van der Waals surface area contributed by atoms with Crippen molar-refractivity contribution in [2.45, 2.75) is 38.8 Å². The van der Waals surface area contributed by atoms with Crippen molar-refractivity contribution in [3.63, 3.8) is 0 Å². The molecule has 118 valence electrons. The third-order valence-corrected chi connectivity index (χ3v) is 4.86. The van der Waals surface area contributed by atoms with Crippen LogP contribution in [0.3, 0.4) is 0 Å². The van der Waals surface area contributed by atoms with E-state index in [4.69, 9.17) is 9.15 Å². The number of methoxy groups -OCH3 is 1. The predicted molar refractivity (Wildman–Crippen MR) is 83.9 cm³/mol. The number of aromatic nitrogens is 1. The average molecular weight is 320 g/mol. The minimum Gasteiger partial charge on any atom is -0.463 e. The molecule has 0 aromatic carbocycles. The lowest BCUT2D eigenvalue weighted by Crippen LogP contribution is -2.38. The van der Waals surface area contributed by atoms with E-state index in [0.717, 1.165) is 30.8 Å². The number of likely N-dealkylation sites (tertiary alicyclic amines) is 1. The van der Waals surface area contributed by atoms with Gasteiger partial charge in [0.2, 0.25) is 0 Å². The number of ether oxygens (including phenoxy) is 1. The fraction of sp³-hybridized carbons (Fsp3) is 0.500. The quantitative estimate of drug-likeness (QED) is 0.864. The van der Waals surface area contributed by atoms with E-state index in [9.17, 15) is 4.79 Å². The van der Waals surface area contributed by atoms with Gasteiger partial charge in [0, 0.05) is 25.2 Å². The monoisotopic (exact) mass is 320 g/mol. The summed E-state index contributed by atoms with van der Waals surface area (Å²) >= 11 is 1.61. The Morgan fingerprint density at radius 1 is 1.55 bits per heavy atom. The number of rotatable bonds is 4. The van der Waals surface area contributed by atoms with Crippen LogP contribution >= 0.6 is 11.3 Å². The molecule has 6 heteroatoms. The first-order valence-corrected chi connectivity index (χ1v) is 8.37. The molecule has 0 saturated carbocycles.